The largest absolute Gasteiger partial charge is 0.485 e. The van der Waals surface area contributed by atoms with Crippen LogP contribution >= 0.6 is 11.3 Å². The standard InChI is InChI=1S/C23H26N4OS/c1-14-7-5-6-8-17(14)28-12-19-25-21-20-16-10-9-15(23(2,3)4)11-18(16)29-22(20)24-13-27(21)26-19/h5-8,13,15H,9-12H2,1-4H3/t15-/m0/s1. The van der Waals surface area contributed by atoms with Crippen LogP contribution < -0.4 is 4.74 Å². The average Bonchev–Trinajstić information content (AvgIpc) is 3.26. The van der Waals surface area contributed by atoms with Crippen molar-refractivity contribution in [2.45, 2.75) is 53.6 Å². The van der Waals surface area contributed by atoms with E-state index in [9.17, 15) is 0 Å². The monoisotopic (exact) mass is 406 g/mol. The van der Waals surface area contributed by atoms with Crippen LogP contribution in [0.25, 0.3) is 15.9 Å². The third-order valence-corrected chi connectivity index (χ3v) is 7.27. The van der Waals surface area contributed by atoms with Gasteiger partial charge in [0.15, 0.2) is 11.5 Å². The summed E-state index contributed by atoms with van der Waals surface area (Å²) in [6, 6.07) is 8.02. The topological polar surface area (TPSA) is 52.3 Å². The summed E-state index contributed by atoms with van der Waals surface area (Å²) in [4.78, 5) is 12.1. The Morgan fingerprint density at radius 2 is 2.07 bits per heavy atom. The first-order valence-electron chi connectivity index (χ1n) is 10.2. The van der Waals surface area contributed by atoms with Gasteiger partial charge in [0.2, 0.25) is 0 Å². The van der Waals surface area contributed by atoms with Crippen molar-refractivity contribution in [2.75, 3.05) is 0 Å². The Balaban J connectivity index is 1.49. The van der Waals surface area contributed by atoms with Crippen LogP contribution in [0.3, 0.4) is 0 Å². The Kier molecular flexibility index (Phi) is 4.35. The van der Waals surface area contributed by atoms with Gasteiger partial charge in [-0.1, -0.05) is 39.0 Å². The van der Waals surface area contributed by atoms with Crippen LogP contribution in [0.5, 0.6) is 5.75 Å². The minimum absolute atomic E-state index is 0.339. The van der Waals surface area contributed by atoms with Crippen molar-refractivity contribution in [1.82, 2.24) is 19.6 Å². The Morgan fingerprint density at radius 3 is 2.86 bits per heavy atom. The number of thiophene rings is 1. The van der Waals surface area contributed by atoms with Crippen LogP contribution in [0.4, 0.5) is 0 Å². The van der Waals surface area contributed by atoms with Gasteiger partial charge in [0, 0.05) is 4.88 Å². The SMILES string of the molecule is Cc1ccccc1OCc1nc2c3c4c(sc3ncn2n1)C[C@@H](C(C)(C)C)CC4. The smallest absolute Gasteiger partial charge is 0.189 e. The molecule has 0 radical (unpaired) electrons. The van der Waals surface area contributed by atoms with Crippen molar-refractivity contribution in [1.29, 1.82) is 0 Å². The molecule has 1 aliphatic carbocycles. The van der Waals surface area contributed by atoms with Crippen molar-refractivity contribution >= 4 is 27.2 Å². The van der Waals surface area contributed by atoms with Crippen molar-refractivity contribution in [3.8, 4) is 5.75 Å². The summed E-state index contributed by atoms with van der Waals surface area (Å²) in [7, 11) is 0. The molecule has 0 saturated heterocycles. The van der Waals surface area contributed by atoms with Crippen LogP contribution in [0, 0.1) is 18.3 Å². The van der Waals surface area contributed by atoms with Crippen molar-refractivity contribution in [2.24, 2.45) is 11.3 Å². The second kappa shape index (κ2) is 6.80. The maximum absolute atomic E-state index is 5.95. The maximum atomic E-state index is 5.95. The molecule has 1 atom stereocenters. The van der Waals surface area contributed by atoms with Gasteiger partial charge < -0.3 is 4.74 Å². The lowest BCUT2D eigenvalue weighted by Gasteiger charge is -2.33. The van der Waals surface area contributed by atoms with Gasteiger partial charge in [-0.05, 0) is 54.7 Å². The number of aryl methyl sites for hydroxylation is 2. The third-order valence-electron chi connectivity index (χ3n) is 6.10. The number of hydrogen-bond acceptors (Lipinski definition) is 5. The molecule has 5 nitrogen and oxygen atoms in total. The zero-order valence-electron chi connectivity index (χ0n) is 17.4. The van der Waals surface area contributed by atoms with E-state index in [1.54, 1.807) is 6.33 Å². The highest BCUT2D eigenvalue weighted by Crippen LogP contribution is 2.43. The number of aromatic nitrogens is 4. The molecular formula is C23H26N4OS. The van der Waals surface area contributed by atoms with E-state index in [2.05, 4.69) is 30.9 Å². The number of para-hydroxylation sites is 1. The molecule has 0 bridgehead atoms. The molecule has 1 aromatic carbocycles. The number of ether oxygens (including phenoxy) is 1. The number of rotatable bonds is 3. The Morgan fingerprint density at radius 1 is 1.24 bits per heavy atom. The second-order valence-electron chi connectivity index (χ2n) is 9.08. The summed E-state index contributed by atoms with van der Waals surface area (Å²) in [5.41, 5.74) is 3.79. The Hall–Kier alpha value is -2.47. The summed E-state index contributed by atoms with van der Waals surface area (Å²) < 4.78 is 7.76. The first-order valence-corrected chi connectivity index (χ1v) is 11.0. The molecular weight excluding hydrogens is 380 g/mol. The normalized spacial score (nSPS) is 17.0. The second-order valence-corrected chi connectivity index (χ2v) is 10.2. The van der Waals surface area contributed by atoms with Gasteiger partial charge in [-0.2, -0.15) is 0 Å². The molecule has 0 N–H and O–H groups in total. The van der Waals surface area contributed by atoms with Gasteiger partial charge in [-0.15, -0.1) is 16.4 Å². The van der Waals surface area contributed by atoms with E-state index in [4.69, 9.17) is 9.72 Å². The number of fused-ring (bicyclic) bond motifs is 5. The first-order chi connectivity index (χ1) is 13.9. The molecule has 0 saturated carbocycles. The van der Waals surface area contributed by atoms with Crippen LogP contribution in [0.2, 0.25) is 0 Å². The van der Waals surface area contributed by atoms with Crippen molar-refractivity contribution in [3.63, 3.8) is 0 Å². The fraction of sp³-hybridized carbons (Fsp3) is 0.435. The lowest BCUT2D eigenvalue weighted by Crippen LogP contribution is -2.26. The van der Waals surface area contributed by atoms with Crippen LogP contribution in [-0.2, 0) is 19.4 Å². The molecule has 6 heteroatoms. The van der Waals surface area contributed by atoms with Gasteiger partial charge in [0.1, 0.15) is 23.5 Å². The summed E-state index contributed by atoms with van der Waals surface area (Å²) in [5.74, 6) is 2.27. The minimum atomic E-state index is 0.339. The molecule has 0 aliphatic heterocycles. The van der Waals surface area contributed by atoms with E-state index in [1.807, 2.05) is 47.0 Å². The van der Waals surface area contributed by atoms with E-state index in [-0.39, 0.29) is 0 Å². The molecule has 29 heavy (non-hydrogen) atoms. The lowest BCUT2D eigenvalue weighted by atomic mass is 9.72. The predicted molar refractivity (Wildman–Crippen MR) is 117 cm³/mol. The van der Waals surface area contributed by atoms with Crippen LogP contribution in [0.15, 0.2) is 30.6 Å². The van der Waals surface area contributed by atoms with Crippen LogP contribution in [0.1, 0.15) is 49.0 Å². The number of hydrogen-bond donors (Lipinski definition) is 0. The zero-order valence-corrected chi connectivity index (χ0v) is 18.2. The highest BCUT2D eigenvalue weighted by Gasteiger charge is 2.31. The summed E-state index contributed by atoms with van der Waals surface area (Å²) in [6.45, 7) is 9.46. The van der Waals surface area contributed by atoms with Crippen molar-refractivity contribution < 1.29 is 4.74 Å². The molecule has 5 rings (SSSR count). The molecule has 0 spiro atoms. The summed E-state index contributed by atoms with van der Waals surface area (Å²) >= 11 is 1.83. The van der Waals surface area contributed by atoms with E-state index in [1.165, 1.54) is 22.2 Å². The molecule has 1 aliphatic rings. The van der Waals surface area contributed by atoms with Gasteiger partial charge in [0.05, 0.1) is 5.39 Å². The van der Waals surface area contributed by atoms with Gasteiger partial charge in [-0.25, -0.2) is 14.5 Å². The molecule has 0 fully saturated rings. The minimum Gasteiger partial charge on any atom is -0.485 e. The first kappa shape index (κ1) is 18.6. The number of benzene rings is 1. The summed E-state index contributed by atoms with van der Waals surface area (Å²) in [5, 5.41) is 5.80. The van der Waals surface area contributed by atoms with E-state index in [0.29, 0.717) is 17.8 Å². The van der Waals surface area contributed by atoms with Gasteiger partial charge in [0.25, 0.3) is 0 Å². The quantitative estimate of drug-likeness (QED) is 0.458. The lowest BCUT2D eigenvalue weighted by molar-refractivity contribution is 0.218. The fourth-order valence-electron chi connectivity index (χ4n) is 4.28. The molecule has 0 amide bonds. The maximum Gasteiger partial charge on any atom is 0.189 e. The van der Waals surface area contributed by atoms with Gasteiger partial charge in [-0.3, -0.25) is 0 Å². The zero-order chi connectivity index (χ0) is 20.2. The van der Waals surface area contributed by atoms with Crippen LogP contribution in [-0.4, -0.2) is 19.6 Å². The molecule has 3 heterocycles. The van der Waals surface area contributed by atoms with Gasteiger partial charge >= 0.3 is 0 Å². The average molecular weight is 407 g/mol. The fourth-order valence-corrected chi connectivity index (χ4v) is 5.54. The Bertz CT molecular complexity index is 1200. The number of nitrogens with zero attached hydrogens (tertiary/aromatic N) is 4. The highest BCUT2D eigenvalue weighted by molar-refractivity contribution is 7.19. The third kappa shape index (κ3) is 3.29. The van der Waals surface area contributed by atoms with E-state index >= 15 is 0 Å². The van der Waals surface area contributed by atoms with E-state index < -0.39 is 0 Å². The van der Waals surface area contributed by atoms with Crippen molar-refractivity contribution in [3.05, 3.63) is 52.4 Å². The molecule has 150 valence electrons. The predicted octanol–water partition coefficient (Wildman–Crippen LogP) is 5.38. The molecule has 0 unspecified atom stereocenters. The Labute approximate surface area is 174 Å². The molecule has 3 aromatic heterocycles. The molecule has 4 aromatic rings. The van der Waals surface area contributed by atoms with E-state index in [0.717, 1.165) is 40.6 Å². The highest BCUT2D eigenvalue weighted by atomic mass is 32.1. The summed E-state index contributed by atoms with van der Waals surface area (Å²) in [6.07, 6.45) is 5.25.